The molecule has 1 spiro atoms. The summed E-state index contributed by atoms with van der Waals surface area (Å²) in [5.74, 6) is -0.00895. The maximum Gasteiger partial charge on any atom is 0.252 e. The topological polar surface area (TPSA) is 44.4 Å². The highest BCUT2D eigenvalue weighted by atomic mass is 16.1. The van der Waals surface area contributed by atoms with Crippen molar-refractivity contribution in [2.24, 2.45) is 5.41 Å². The predicted molar refractivity (Wildman–Crippen MR) is 119 cm³/mol. The largest absolute Gasteiger partial charge is 0.370 e. The molecule has 2 saturated heterocycles. The van der Waals surface area contributed by atoms with E-state index in [0.717, 1.165) is 48.6 Å². The van der Waals surface area contributed by atoms with Crippen LogP contribution in [0, 0.1) is 12.3 Å². The number of carbonyl (C=O) groups is 1. The van der Waals surface area contributed by atoms with Gasteiger partial charge in [0.2, 0.25) is 0 Å². The molecule has 2 N–H and O–H groups in total. The monoisotopic (exact) mass is 385 g/mol. The lowest BCUT2D eigenvalue weighted by Gasteiger charge is -2.57. The third-order valence-electron chi connectivity index (χ3n) is 6.52. The van der Waals surface area contributed by atoms with Crippen molar-refractivity contribution in [3.63, 3.8) is 0 Å². The van der Waals surface area contributed by atoms with E-state index in [1.54, 1.807) is 0 Å². The first-order valence-corrected chi connectivity index (χ1v) is 10.4. The van der Waals surface area contributed by atoms with E-state index in [1.165, 1.54) is 10.8 Å². The van der Waals surface area contributed by atoms with Gasteiger partial charge in [0.05, 0.1) is 6.04 Å². The number of anilines is 1. The Bertz CT molecular complexity index is 1070. The fourth-order valence-electron chi connectivity index (χ4n) is 4.68. The number of nitrogens with zero attached hydrogens (tertiary/aromatic N) is 1. The third kappa shape index (κ3) is 3.18. The summed E-state index contributed by atoms with van der Waals surface area (Å²) in [6, 6.07) is 20.8. The number of carbonyl (C=O) groups excluding carboxylic acids is 1. The molecule has 0 bridgehead atoms. The van der Waals surface area contributed by atoms with Crippen molar-refractivity contribution in [1.29, 1.82) is 0 Å². The molecule has 0 radical (unpaired) electrons. The Hall–Kier alpha value is -2.85. The van der Waals surface area contributed by atoms with E-state index >= 15 is 0 Å². The normalized spacial score (nSPS) is 18.2. The Morgan fingerprint density at radius 2 is 1.83 bits per heavy atom. The van der Waals surface area contributed by atoms with Gasteiger partial charge in [-0.25, -0.2) is 0 Å². The van der Waals surface area contributed by atoms with E-state index in [2.05, 4.69) is 71.0 Å². The number of fused-ring (bicyclic) bond motifs is 1. The van der Waals surface area contributed by atoms with Crippen molar-refractivity contribution in [3.8, 4) is 0 Å². The van der Waals surface area contributed by atoms with Crippen LogP contribution in [0.5, 0.6) is 0 Å². The Morgan fingerprint density at radius 1 is 1.07 bits per heavy atom. The quantitative estimate of drug-likeness (QED) is 0.712. The summed E-state index contributed by atoms with van der Waals surface area (Å²) in [5, 5.41) is 8.98. The van der Waals surface area contributed by atoms with E-state index in [9.17, 15) is 4.79 Å². The summed E-state index contributed by atoms with van der Waals surface area (Å²) in [6.45, 7) is 8.46. The summed E-state index contributed by atoms with van der Waals surface area (Å²) < 4.78 is 0. The molecule has 4 nitrogen and oxygen atoms in total. The molecule has 2 fully saturated rings. The van der Waals surface area contributed by atoms with Crippen LogP contribution < -0.4 is 15.5 Å². The average molecular weight is 386 g/mol. The highest BCUT2D eigenvalue weighted by molar-refractivity contribution is 5.97. The zero-order valence-corrected chi connectivity index (χ0v) is 17.0. The van der Waals surface area contributed by atoms with Crippen LogP contribution in [0.1, 0.15) is 34.5 Å². The van der Waals surface area contributed by atoms with Crippen LogP contribution in [0.2, 0.25) is 0 Å². The number of nitrogens with one attached hydrogen (secondary N) is 2. The zero-order valence-electron chi connectivity index (χ0n) is 17.0. The molecule has 0 saturated carbocycles. The Balaban J connectivity index is 1.35. The van der Waals surface area contributed by atoms with Crippen molar-refractivity contribution in [3.05, 3.63) is 77.4 Å². The molecule has 3 aromatic rings. The number of rotatable bonds is 4. The maximum atomic E-state index is 13.1. The van der Waals surface area contributed by atoms with E-state index < -0.39 is 0 Å². The first-order chi connectivity index (χ1) is 14.0. The average Bonchev–Trinajstić information content (AvgIpc) is 2.66. The van der Waals surface area contributed by atoms with Crippen LogP contribution >= 0.6 is 0 Å². The number of hydrogen-bond acceptors (Lipinski definition) is 3. The molecule has 2 heterocycles. The van der Waals surface area contributed by atoms with Crippen LogP contribution in [0.3, 0.4) is 0 Å². The number of aryl methyl sites for hydroxylation is 1. The number of benzene rings is 3. The standard InChI is InChI=1S/C25H27N3O/c1-17-10-11-20(28-15-25(16-28)13-26-14-25)12-23(17)24(29)27-18(2)21-9-5-7-19-6-3-4-8-22(19)21/h3-12,18,26H,13-16H2,1-2H3,(H,27,29). The summed E-state index contributed by atoms with van der Waals surface area (Å²) in [5.41, 5.74) is 4.54. The van der Waals surface area contributed by atoms with Crippen molar-refractivity contribution >= 4 is 22.4 Å². The van der Waals surface area contributed by atoms with Gasteiger partial charge in [0.15, 0.2) is 0 Å². The van der Waals surface area contributed by atoms with Gasteiger partial charge in [-0.1, -0.05) is 48.5 Å². The van der Waals surface area contributed by atoms with Gasteiger partial charge in [-0.3, -0.25) is 4.79 Å². The fourth-order valence-corrected chi connectivity index (χ4v) is 4.68. The maximum absolute atomic E-state index is 13.1. The zero-order chi connectivity index (χ0) is 20.0. The molecule has 29 heavy (non-hydrogen) atoms. The highest BCUT2D eigenvalue weighted by Crippen LogP contribution is 2.38. The lowest BCUT2D eigenvalue weighted by Crippen LogP contribution is -2.71. The minimum absolute atomic E-state index is 0.00895. The number of hydrogen-bond donors (Lipinski definition) is 2. The molecule has 148 valence electrons. The molecule has 3 aromatic carbocycles. The summed E-state index contributed by atoms with van der Waals surface area (Å²) in [7, 11) is 0. The van der Waals surface area contributed by atoms with Gasteiger partial charge in [0.25, 0.3) is 5.91 Å². The number of amides is 1. The van der Waals surface area contributed by atoms with E-state index in [4.69, 9.17) is 0 Å². The minimum Gasteiger partial charge on any atom is -0.370 e. The van der Waals surface area contributed by atoms with Crippen molar-refractivity contribution in [2.75, 3.05) is 31.1 Å². The van der Waals surface area contributed by atoms with E-state index in [-0.39, 0.29) is 11.9 Å². The lowest BCUT2D eigenvalue weighted by atomic mass is 9.74. The Morgan fingerprint density at radius 3 is 2.59 bits per heavy atom. The summed E-state index contributed by atoms with van der Waals surface area (Å²) in [4.78, 5) is 15.5. The van der Waals surface area contributed by atoms with Gasteiger partial charge in [-0.15, -0.1) is 0 Å². The van der Waals surface area contributed by atoms with Crippen LogP contribution in [0.15, 0.2) is 60.7 Å². The smallest absolute Gasteiger partial charge is 0.252 e. The third-order valence-corrected chi connectivity index (χ3v) is 6.52. The molecule has 2 aliphatic rings. The van der Waals surface area contributed by atoms with Crippen LogP contribution in [0.4, 0.5) is 5.69 Å². The van der Waals surface area contributed by atoms with Gasteiger partial charge in [0.1, 0.15) is 0 Å². The molecule has 1 amide bonds. The van der Waals surface area contributed by atoms with Gasteiger partial charge >= 0.3 is 0 Å². The second kappa shape index (κ2) is 6.89. The summed E-state index contributed by atoms with van der Waals surface area (Å²) in [6.07, 6.45) is 0. The van der Waals surface area contributed by atoms with Crippen molar-refractivity contribution in [1.82, 2.24) is 10.6 Å². The Kier molecular flexibility index (Phi) is 4.32. The van der Waals surface area contributed by atoms with Gasteiger partial charge in [-0.05, 0) is 47.9 Å². The molecule has 4 heteroatoms. The van der Waals surface area contributed by atoms with Crippen molar-refractivity contribution in [2.45, 2.75) is 19.9 Å². The van der Waals surface area contributed by atoms with Crippen molar-refractivity contribution < 1.29 is 4.79 Å². The van der Waals surface area contributed by atoms with E-state index in [1.807, 2.05) is 19.1 Å². The summed E-state index contributed by atoms with van der Waals surface area (Å²) >= 11 is 0. The molecule has 5 rings (SSSR count). The molecular formula is C25H27N3O. The molecule has 0 aliphatic carbocycles. The van der Waals surface area contributed by atoms with Crippen LogP contribution in [-0.4, -0.2) is 32.1 Å². The van der Waals surface area contributed by atoms with Crippen LogP contribution in [-0.2, 0) is 0 Å². The Labute approximate surface area is 171 Å². The second-order valence-corrected chi connectivity index (χ2v) is 8.72. The lowest BCUT2D eigenvalue weighted by molar-refractivity contribution is 0.0939. The first kappa shape index (κ1) is 18.2. The first-order valence-electron chi connectivity index (χ1n) is 10.4. The SMILES string of the molecule is Cc1ccc(N2CC3(CNC3)C2)cc1C(=O)NC(C)c1cccc2ccccc12. The molecular weight excluding hydrogens is 358 g/mol. The molecule has 1 atom stereocenters. The molecule has 2 aliphatic heterocycles. The predicted octanol–water partition coefficient (Wildman–Crippen LogP) is 4.05. The second-order valence-electron chi connectivity index (χ2n) is 8.72. The minimum atomic E-state index is -0.0648. The van der Waals surface area contributed by atoms with Gasteiger partial charge in [-0.2, -0.15) is 0 Å². The van der Waals surface area contributed by atoms with E-state index in [0.29, 0.717) is 5.41 Å². The molecule has 1 unspecified atom stereocenters. The molecule has 0 aromatic heterocycles. The van der Waals surface area contributed by atoms with Crippen LogP contribution in [0.25, 0.3) is 10.8 Å². The van der Waals surface area contributed by atoms with Gasteiger partial charge in [0, 0.05) is 42.8 Å². The fraction of sp³-hybridized carbons (Fsp3) is 0.320. The highest BCUT2D eigenvalue weighted by Gasteiger charge is 2.47. The van der Waals surface area contributed by atoms with Gasteiger partial charge < -0.3 is 15.5 Å².